The van der Waals surface area contributed by atoms with Crippen LogP contribution in [0.15, 0.2) is 12.2 Å². The highest BCUT2D eigenvalue weighted by Gasteiger charge is 2.62. The maximum Gasteiger partial charge on any atom is 0.433 e. The third kappa shape index (κ3) is 3.21. The minimum Gasteiger partial charge on any atom is -0.463 e. The Morgan fingerprint density at radius 2 is 1.87 bits per heavy atom. The van der Waals surface area contributed by atoms with Gasteiger partial charge in [0.2, 0.25) is 0 Å². The fourth-order valence-corrected chi connectivity index (χ4v) is 0.841. The van der Waals surface area contributed by atoms with Crippen molar-refractivity contribution < 1.29 is 27.1 Å². The zero-order chi connectivity index (χ0) is 12.1. The first-order chi connectivity index (χ1) is 6.79. The first-order valence-corrected chi connectivity index (χ1v) is 4.33. The molecule has 0 saturated carbocycles. The molecular formula is C9H12F4O2. The number of hydrogen-bond donors (Lipinski definition) is 0. The maximum absolute atomic E-state index is 13.4. The Bertz CT molecular complexity index is 247. The van der Waals surface area contributed by atoms with Crippen molar-refractivity contribution in [1.29, 1.82) is 0 Å². The van der Waals surface area contributed by atoms with Gasteiger partial charge < -0.3 is 4.74 Å². The average molecular weight is 228 g/mol. The average Bonchev–Trinajstić information content (AvgIpc) is 2.12. The normalized spacial score (nSPS) is 16.4. The van der Waals surface area contributed by atoms with Crippen LogP contribution in [0.4, 0.5) is 17.6 Å². The van der Waals surface area contributed by atoms with Crippen LogP contribution in [-0.2, 0) is 9.53 Å². The summed E-state index contributed by atoms with van der Waals surface area (Å²) in [7, 11) is 0. The molecule has 0 aromatic rings. The van der Waals surface area contributed by atoms with Crippen LogP contribution in [0.25, 0.3) is 0 Å². The summed E-state index contributed by atoms with van der Waals surface area (Å²) in [6, 6.07) is 0. The Morgan fingerprint density at radius 3 is 2.20 bits per heavy atom. The van der Waals surface area contributed by atoms with Crippen LogP contribution in [0, 0.1) is 0 Å². The summed E-state index contributed by atoms with van der Waals surface area (Å²) in [5, 5.41) is 0. The Labute approximate surface area is 84.9 Å². The van der Waals surface area contributed by atoms with Crippen molar-refractivity contribution in [3.8, 4) is 0 Å². The van der Waals surface area contributed by atoms with E-state index in [1.165, 1.54) is 19.9 Å². The highest BCUT2D eigenvalue weighted by atomic mass is 19.4. The second-order valence-electron chi connectivity index (χ2n) is 2.79. The van der Waals surface area contributed by atoms with Gasteiger partial charge in [-0.1, -0.05) is 12.2 Å². The quantitative estimate of drug-likeness (QED) is 0.420. The van der Waals surface area contributed by atoms with Gasteiger partial charge >= 0.3 is 17.8 Å². The maximum atomic E-state index is 13.4. The number of carbonyl (C=O) groups excluding carboxylic acids is 1. The highest BCUT2D eigenvalue weighted by molar-refractivity contribution is 5.80. The van der Waals surface area contributed by atoms with Crippen LogP contribution in [0.1, 0.15) is 20.3 Å². The van der Waals surface area contributed by atoms with Gasteiger partial charge in [-0.2, -0.15) is 13.2 Å². The van der Waals surface area contributed by atoms with E-state index in [0.717, 1.165) is 6.08 Å². The monoisotopic (exact) mass is 228 g/mol. The van der Waals surface area contributed by atoms with Gasteiger partial charge in [0.05, 0.1) is 6.61 Å². The van der Waals surface area contributed by atoms with E-state index in [-0.39, 0.29) is 6.61 Å². The Kier molecular flexibility index (Phi) is 4.77. The number of esters is 1. The number of alkyl halides is 4. The topological polar surface area (TPSA) is 26.3 Å². The molecular weight excluding hydrogens is 216 g/mol. The van der Waals surface area contributed by atoms with Crippen LogP contribution in [-0.4, -0.2) is 24.4 Å². The lowest BCUT2D eigenvalue weighted by atomic mass is 10.0. The van der Waals surface area contributed by atoms with Crippen LogP contribution >= 0.6 is 0 Å². The zero-order valence-corrected chi connectivity index (χ0v) is 8.40. The van der Waals surface area contributed by atoms with E-state index < -0.39 is 24.2 Å². The molecule has 0 bridgehead atoms. The number of hydrogen-bond acceptors (Lipinski definition) is 2. The zero-order valence-electron chi connectivity index (χ0n) is 8.40. The van der Waals surface area contributed by atoms with E-state index in [0.29, 0.717) is 0 Å². The van der Waals surface area contributed by atoms with Crippen molar-refractivity contribution in [2.75, 3.05) is 6.61 Å². The van der Waals surface area contributed by atoms with E-state index in [4.69, 9.17) is 0 Å². The predicted molar refractivity (Wildman–Crippen MR) is 46.0 cm³/mol. The highest BCUT2D eigenvalue weighted by Crippen LogP contribution is 2.38. The summed E-state index contributed by atoms with van der Waals surface area (Å²) in [5.74, 6) is -1.89. The van der Waals surface area contributed by atoms with Crippen molar-refractivity contribution in [3.05, 3.63) is 12.2 Å². The third-order valence-corrected chi connectivity index (χ3v) is 1.68. The molecule has 0 radical (unpaired) electrons. The molecule has 0 saturated heterocycles. The molecule has 0 aromatic carbocycles. The van der Waals surface area contributed by atoms with Gasteiger partial charge in [-0.3, -0.25) is 0 Å². The van der Waals surface area contributed by atoms with Crippen molar-refractivity contribution in [2.24, 2.45) is 0 Å². The molecule has 0 amide bonds. The number of rotatable bonds is 4. The van der Waals surface area contributed by atoms with Crippen molar-refractivity contribution >= 4 is 5.97 Å². The molecule has 0 aliphatic heterocycles. The van der Waals surface area contributed by atoms with Crippen LogP contribution in [0.5, 0.6) is 0 Å². The van der Waals surface area contributed by atoms with Gasteiger partial charge in [0.25, 0.3) is 0 Å². The van der Waals surface area contributed by atoms with Crippen LogP contribution in [0.2, 0.25) is 0 Å². The van der Waals surface area contributed by atoms with E-state index in [1.54, 1.807) is 0 Å². The molecule has 0 spiro atoms. The van der Waals surface area contributed by atoms with E-state index >= 15 is 0 Å². The molecule has 1 unspecified atom stereocenters. The van der Waals surface area contributed by atoms with Gasteiger partial charge in [0.1, 0.15) is 0 Å². The second kappa shape index (κ2) is 5.14. The van der Waals surface area contributed by atoms with E-state index in [9.17, 15) is 22.4 Å². The molecule has 0 rings (SSSR count). The summed E-state index contributed by atoms with van der Waals surface area (Å²) < 4.78 is 54.4. The van der Waals surface area contributed by atoms with Crippen molar-refractivity contribution in [3.63, 3.8) is 0 Å². The molecule has 1 atom stereocenters. The Hall–Kier alpha value is -1.07. The minimum atomic E-state index is -5.27. The lowest BCUT2D eigenvalue weighted by Gasteiger charge is -2.24. The van der Waals surface area contributed by atoms with Crippen LogP contribution in [0.3, 0.4) is 0 Å². The molecule has 0 fully saturated rings. The molecule has 2 nitrogen and oxygen atoms in total. The third-order valence-electron chi connectivity index (χ3n) is 1.68. The Balaban J connectivity index is 4.93. The van der Waals surface area contributed by atoms with Crippen LogP contribution < -0.4 is 0 Å². The van der Waals surface area contributed by atoms with Gasteiger partial charge in [-0.05, 0) is 13.8 Å². The summed E-state index contributed by atoms with van der Waals surface area (Å²) in [6.07, 6.45) is -4.16. The largest absolute Gasteiger partial charge is 0.463 e. The fourth-order valence-electron chi connectivity index (χ4n) is 0.841. The Morgan fingerprint density at radius 1 is 1.33 bits per heavy atom. The molecule has 0 aromatic heterocycles. The molecule has 0 aliphatic rings. The summed E-state index contributed by atoms with van der Waals surface area (Å²) in [5.41, 5.74) is -3.95. The smallest absolute Gasteiger partial charge is 0.433 e. The molecule has 15 heavy (non-hydrogen) atoms. The number of allylic oxidation sites excluding steroid dienone is 2. The molecule has 0 N–H and O–H groups in total. The first kappa shape index (κ1) is 13.9. The number of halogens is 4. The molecule has 0 aliphatic carbocycles. The van der Waals surface area contributed by atoms with E-state index in [2.05, 4.69) is 4.74 Å². The minimum absolute atomic E-state index is 0.295. The number of ether oxygens (including phenoxy) is 1. The number of carbonyl (C=O) groups is 1. The predicted octanol–water partition coefficient (Wildman–Crippen LogP) is 2.79. The lowest BCUT2D eigenvalue weighted by Crippen LogP contribution is -2.48. The van der Waals surface area contributed by atoms with Gasteiger partial charge in [0.15, 0.2) is 0 Å². The summed E-state index contributed by atoms with van der Waals surface area (Å²) >= 11 is 0. The molecule has 88 valence electrons. The molecule has 0 heterocycles. The van der Waals surface area contributed by atoms with Gasteiger partial charge in [-0.25, -0.2) is 9.18 Å². The first-order valence-electron chi connectivity index (χ1n) is 4.33. The summed E-state index contributed by atoms with van der Waals surface area (Å²) in [6.45, 7) is 2.45. The van der Waals surface area contributed by atoms with E-state index in [1.807, 2.05) is 0 Å². The van der Waals surface area contributed by atoms with Crippen molar-refractivity contribution in [1.82, 2.24) is 0 Å². The SMILES string of the molecule is C/C=C/CC(F)(C(=O)OCC)C(F)(F)F. The van der Waals surface area contributed by atoms with Gasteiger partial charge in [0, 0.05) is 6.42 Å². The standard InChI is InChI=1S/C9H12F4O2/c1-3-5-6-8(10,9(11,12)13)7(14)15-4-2/h3,5H,4,6H2,1-2H3/b5-3+. The fraction of sp³-hybridized carbons (Fsp3) is 0.667. The summed E-state index contributed by atoms with van der Waals surface area (Å²) in [4.78, 5) is 10.9. The lowest BCUT2D eigenvalue weighted by molar-refractivity contribution is -0.237. The van der Waals surface area contributed by atoms with Gasteiger partial charge in [-0.15, -0.1) is 0 Å². The molecule has 6 heteroatoms. The van der Waals surface area contributed by atoms with Crippen molar-refractivity contribution in [2.45, 2.75) is 32.1 Å². The second-order valence-corrected chi connectivity index (χ2v) is 2.79.